The normalized spacial score (nSPS) is 13.0. The number of hydrogen-bond donors (Lipinski definition) is 3. The molecule has 0 aliphatic carbocycles. The number of nitrogen functional groups attached to an aromatic ring is 1. The first-order chi connectivity index (χ1) is 16.8. The van der Waals surface area contributed by atoms with E-state index < -0.39 is 24.0 Å². The van der Waals surface area contributed by atoms with Crippen molar-refractivity contribution in [3.05, 3.63) is 65.2 Å². The van der Waals surface area contributed by atoms with E-state index in [1.807, 2.05) is 75.9 Å². The van der Waals surface area contributed by atoms with Crippen molar-refractivity contribution in [1.29, 1.82) is 0 Å². The minimum absolute atomic E-state index is 0.0962. The third-order valence-corrected chi connectivity index (χ3v) is 6.33. The fourth-order valence-electron chi connectivity index (χ4n) is 4.29. The third kappa shape index (κ3) is 10.8. The smallest absolute Gasteiger partial charge is 0.321 e. The summed E-state index contributed by atoms with van der Waals surface area (Å²) in [5.41, 5.74) is 10.0. The van der Waals surface area contributed by atoms with Gasteiger partial charge in [-0.25, -0.2) is 0 Å². The van der Waals surface area contributed by atoms with Gasteiger partial charge in [0, 0.05) is 18.8 Å². The minimum atomic E-state index is -0.759. The van der Waals surface area contributed by atoms with Gasteiger partial charge in [-0.05, 0) is 69.0 Å². The van der Waals surface area contributed by atoms with Crippen molar-refractivity contribution in [2.75, 3.05) is 32.9 Å². The number of carboxylic acids is 2. The lowest BCUT2D eigenvalue weighted by Gasteiger charge is -2.27. The third-order valence-electron chi connectivity index (χ3n) is 6.33. The second-order valence-corrected chi connectivity index (χ2v) is 10.2. The largest absolute Gasteiger partial charge is 0.480 e. The molecule has 0 amide bonds. The summed E-state index contributed by atoms with van der Waals surface area (Å²) in [5, 5.41) is 18.4. The molecule has 36 heavy (non-hydrogen) atoms. The lowest BCUT2D eigenvalue weighted by Crippen LogP contribution is -2.43. The van der Waals surface area contributed by atoms with Gasteiger partial charge in [0.2, 0.25) is 0 Å². The van der Waals surface area contributed by atoms with E-state index >= 15 is 0 Å². The Balaban J connectivity index is 0.000000360. The van der Waals surface area contributed by atoms with Gasteiger partial charge in [-0.3, -0.25) is 19.4 Å². The topological polar surface area (TPSA) is 107 Å². The van der Waals surface area contributed by atoms with Crippen molar-refractivity contribution in [2.24, 2.45) is 11.8 Å². The molecule has 0 spiro atoms. The number of carboxylic acid groups (broad SMARTS) is 2. The Morgan fingerprint density at radius 2 is 1.06 bits per heavy atom. The molecular formula is C29H45N3O4. The second kappa shape index (κ2) is 15.3. The number of hydrogen-bond acceptors (Lipinski definition) is 5. The van der Waals surface area contributed by atoms with Crippen molar-refractivity contribution in [3.63, 3.8) is 0 Å². The molecule has 7 nitrogen and oxygen atoms in total. The van der Waals surface area contributed by atoms with Gasteiger partial charge in [0.1, 0.15) is 12.1 Å². The van der Waals surface area contributed by atoms with Crippen LogP contribution in [-0.2, 0) is 22.4 Å². The predicted molar refractivity (Wildman–Crippen MR) is 147 cm³/mol. The van der Waals surface area contributed by atoms with Crippen LogP contribution in [0.5, 0.6) is 0 Å². The summed E-state index contributed by atoms with van der Waals surface area (Å²) in [6, 6.07) is 15.2. The van der Waals surface area contributed by atoms with Crippen LogP contribution in [0.1, 0.15) is 44.4 Å². The molecule has 7 heteroatoms. The van der Waals surface area contributed by atoms with Gasteiger partial charge in [0.15, 0.2) is 0 Å². The van der Waals surface area contributed by atoms with Crippen molar-refractivity contribution in [2.45, 2.75) is 59.5 Å². The number of rotatable bonds is 12. The SMILES string of the molecule is CC(C)[C@@H](C(=O)O)N(C)CCc1ccc(N)cc1.Cc1ccc(CCN(C)[C@H](C(=O)O)C(C)C)cc1. The Morgan fingerprint density at radius 3 is 1.36 bits per heavy atom. The van der Waals surface area contributed by atoms with Crippen LogP contribution in [0.15, 0.2) is 48.5 Å². The Labute approximate surface area is 216 Å². The van der Waals surface area contributed by atoms with E-state index in [-0.39, 0.29) is 11.8 Å². The van der Waals surface area contributed by atoms with Gasteiger partial charge in [-0.2, -0.15) is 0 Å². The van der Waals surface area contributed by atoms with Gasteiger partial charge in [-0.15, -0.1) is 0 Å². The van der Waals surface area contributed by atoms with Crippen LogP contribution < -0.4 is 5.73 Å². The van der Waals surface area contributed by atoms with Crippen LogP contribution in [0.25, 0.3) is 0 Å². The fourth-order valence-corrected chi connectivity index (χ4v) is 4.29. The maximum atomic E-state index is 11.2. The Hall–Kier alpha value is -2.90. The quantitative estimate of drug-likeness (QED) is 0.371. The molecule has 2 aromatic carbocycles. The highest BCUT2D eigenvalue weighted by Crippen LogP contribution is 2.13. The van der Waals surface area contributed by atoms with Gasteiger partial charge >= 0.3 is 11.9 Å². The van der Waals surface area contributed by atoms with Gasteiger partial charge in [-0.1, -0.05) is 69.7 Å². The van der Waals surface area contributed by atoms with E-state index in [2.05, 4.69) is 31.2 Å². The van der Waals surface area contributed by atoms with Crippen molar-refractivity contribution < 1.29 is 19.8 Å². The Kier molecular flexibility index (Phi) is 13.2. The molecule has 0 heterocycles. The standard InChI is InChI=1S/C15H23NO2.C14H22N2O2/c1-11(2)14(15(17)18)16(4)10-9-13-7-5-12(3)6-8-13;1-10(2)13(14(17)18)16(3)9-8-11-4-6-12(15)7-5-11/h5-8,11,14H,9-10H2,1-4H3,(H,17,18);4-7,10,13H,8-9,15H2,1-3H3,(H,17,18)/t14-;13-/m00/s1. The average Bonchev–Trinajstić information content (AvgIpc) is 2.78. The molecule has 0 unspecified atom stereocenters. The zero-order chi connectivity index (χ0) is 27.4. The second-order valence-electron chi connectivity index (χ2n) is 10.2. The molecule has 4 N–H and O–H groups in total. The van der Waals surface area contributed by atoms with Crippen LogP contribution in [0.4, 0.5) is 5.69 Å². The number of aryl methyl sites for hydroxylation is 1. The molecule has 0 aliphatic heterocycles. The number of likely N-dealkylation sites (N-methyl/N-ethyl adjacent to an activating group) is 2. The average molecular weight is 500 g/mol. The molecule has 0 fully saturated rings. The van der Waals surface area contributed by atoms with Gasteiger partial charge < -0.3 is 15.9 Å². The molecule has 200 valence electrons. The molecule has 2 rings (SSSR count). The first kappa shape index (κ1) is 31.1. The summed E-state index contributed by atoms with van der Waals surface area (Å²) in [4.78, 5) is 26.2. The zero-order valence-electron chi connectivity index (χ0n) is 22.9. The molecule has 2 atom stereocenters. The zero-order valence-corrected chi connectivity index (χ0v) is 22.9. The monoisotopic (exact) mass is 499 g/mol. The number of nitrogens with two attached hydrogens (primary N) is 1. The van der Waals surface area contributed by atoms with E-state index in [1.165, 1.54) is 16.7 Å². The lowest BCUT2D eigenvalue weighted by atomic mass is 10.0. The molecule has 0 bridgehead atoms. The van der Waals surface area contributed by atoms with E-state index in [0.29, 0.717) is 0 Å². The molecular weight excluding hydrogens is 454 g/mol. The lowest BCUT2D eigenvalue weighted by molar-refractivity contribution is -0.145. The Morgan fingerprint density at radius 1 is 0.722 bits per heavy atom. The van der Waals surface area contributed by atoms with Crippen LogP contribution >= 0.6 is 0 Å². The van der Waals surface area contributed by atoms with E-state index in [1.54, 1.807) is 0 Å². The molecule has 0 aliphatic rings. The fraction of sp³-hybridized carbons (Fsp3) is 0.517. The summed E-state index contributed by atoms with van der Waals surface area (Å²) in [5.74, 6) is -1.29. The van der Waals surface area contributed by atoms with Gasteiger partial charge in [0.05, 0.1) is 0 Å². The summed E-state index contributed by atoms with van der Waals surface area (Å²) in [6.45, 7) is 11.3. The summed E-state index contributed by atoms with van der Waals surface area (Å²) in [6.07, 6.45) is 1.71. The van der Waals surface area contributed by atoms with Crippen LogP contribution in [-0.4, -0.2) is 71.2 Å². The maximum absolute atomic E-state index is 11.2. The first-order valence-corrected chi connectivity index (χ1v) is 12.6. The maximum Gasteiger partial charge on any atom is 0.321 e. The molecule has 0 aromatic heterocycles. The van der Waals surface area contributed by atoms with Crippen LogP contribution in [0, 0.1) is 18.8 Å². The van der Waals surface area contributed by atoms with E-state index in [0.717, 1.165) is 31.6 Å². The number of anilines is 1. The number of nitrogens with zero attached hydrogens (tertiary/aromatic N) is 2. The minimum Gasteiger partial charge on any atom is -0.480 e. The highest BCUT2D eigenvalue weighted by Gasteiger charge is 2.26. The molecule has 0 saturated carbocycles. The number of aliphatic carboxylic acids is 2. The van der Waals surface area contributed by atoms with Crippen molar-refractivity contribution in [1.82, 2.24) is 9.80 Å². The number of carbonyl (C=O) groups is 2. The molecule has 2 aromatic rings. The van der Waals surface area contributed by atoms with E-state index in [9.17, 15) is 19.8 Å². The summed E-state index contributed by atoms with van der Waals surface area (Å²) < 4.78 is 0. The van der Waals surface area contributed by atoms with Crippen molar-refractivity contribution in [3.8, 4) is 0 Å². The van der Waals surface area contributed by atoms with Gasteiger partial charge in [0.25, 0.3) is 0 Å². The number of benzene rings is 2. The molecule has 0 radical (unpaired) electrons. The highest BCUT2D eigenvalue weighted by atomic mass is 16.4. The van der Waals surface area contributed by atoms with Crippen molar-refractivity contribution >= 4 is 17.6 Å². The summed E-state index contributed by atoms with van der Waals surface area (Å²) in [7, 11) is 3.74. The van der Waals surface area contributed by atoms with E-state index in [4.69, 9.17) is 5.73 Å². The predicted octanol–water partition coefficient (Wildman–Crippen LogP) is 4.43. The Bertz CT molecular complexity index is 849. The highest BCUT2D eigenvalue weighted by molar-refractivity contribution is 5.74. The molecule has 0 saturated heterocycles. The van der Waals surface area contributed by atoms with Crippen LogP contribution in [0.3, 0.4) is 0 Å². The van der Waals surface area contributed by atoms with Crippen LogP contribution in [0.2, 0.25) is 0 Å². The first-order valence-electron chi connectivity index (χ1n) is 12.6. The summed E-state index contributed by atoms with van der Waals surface area (Å²) >= 11 is 0.